The highest BCUT2D eigenvalue weighted by Crippen LogP contribution is 2.44. The molecule has 0 aliphatic carbocycles. The molecular weight excluding hydrogens is 426 g/mol. The third-order valence-corrected chi connectivity index (χ3v) is 6.03. The number of thioether (sulfide) groups is 1. The van der Waals surface area contributed by atoms with E-state index in [1.54, 1.807) is 7.11 Å². The summed E-state index contributed by atoms with van der Waals surface area (Å²) in [6, 6.07) is 7.68. The van der Waals surface area contributed by atoms with Gasteiger partial charge in [0.2, 0.25) is 5.91 Å². The molecule has 2 aliphatic rings. The molecule has 0 saturated carbocycles. The van der Waals surface area contributed by atoms with E-state index in [1.807, 2.05) is 62.3 Å². The second-order valence-corrected chi connectivity index (χ2v) is 8.97. The number of allylic oxidation sites excluding steroid dienone is 1. The number of aliphatic imine (C=N–C) groups is 1. The van der Waals surface area contributed by atoms with Gasteiger partial charge in [-0.15, -0.1) is 0 Å². The van der Waals surface area contributed by atoms with Crippen molar-refractivity contribution in [3.8, 4) is 0 Å². The molecule has 172 valence electrons. The first-order valence-corrected chi connectivity index (χ1v) is 11.7. The van der Waals surface area contributed by atoms with E-state index in [-0.39, 0.29) is 24.4 Å². The van der Waals surface area contributed by atoms with Crippen molar-refractivity contribution in [1.82, 2.24) is 10.2 Å². The number of carbonyl (C=O) groups excluding carboxylic acids is 2. The van der Waals surface area contributed by atoms with E-state index in [9.17, 15) is 9.59 Å². The number of amidine groups is 1. The Morgan fingerprint density at radius 1 is 1.22 bits per heavy atom. The van der Waals surface area contributed by atoms with E-state index < -0.39 is 6.04 Å². The Kier molecular flexibility index (Phi) is 8.15. The third-order valence-electron chi connectivity index (χ3n) is 5.15. The SMILES string of the molecule is COCCCNC(=O)CC1=CSC2=NC(C)=C(C(=O)OC(C)C)C(c3ccc(C)cc3)N12. The Morgan fingerprint density at radius 3 is 2.59 bits per heavy atom. The van der Waals surface area contributed by atoms with Gasteiger partial charge < -0.3 is 19.7 Å². The number of ether oxygens (including phenoxy) is 2. The van der Waals surface area contributed by atoms with Gasteiger partial charge in [0.05, 0.1) is 29.8 Å². The molecule has 3 rings (SSSR count). The van der Waals surface area contributed by atoms with Gasteiger partial charge in [0.1, 0.15) is 0 Å². The van der Waals surface area contributed by atoms with Crippen LogP contribution in [-0.4, -0.2) is 48.3 Å². The van der Waals surface area contributed by atoms with Crippen LogP contribution in [0.15, 0.2) is 51.6 Å². The van der Waals surface area contributed by atoms with Crippen LogP contribution >= 0.6 is 11.8 Å². The molecule has 1 aromatic rings. The number of methoxy groups -OCH3 is 1. The maximum atomic E-state index is 13.1. The third kappa shape index (κ3) is 5.61. The number of rotatable bonds is 9. The fourth-order valence-electron chi connectivity index (χ4n) is 3.64. The number of nitrogens with one attached hydrogen (secondary N) is 1. The molecule has 1 N–H and O–H groups in total. The van der Waals surface area contributed by atoms with Gasteiger partial charge in [0, 0.05) is 26.0 Å². The average Bonchev–Trinajstić information content (AvgIpc) is 3.12. The first-order chi connectivity index (χ1) is 15.3. The molecule has 0 bridgehead atoms. The largest absolute Gasteiger partial charge is 0.459 e. The van der Waals surface area contributed by atoms with Crippen LogP contribution in [0.4, 0.5) is 0 Å². The quantitative estimate of drug-likeness (QED) is 0.445. The normalized spacial score (nSPS) is 17.8. The second kappa shape index (κ2) is 10.8. The van der Waals surface area contributed by atoms with Gasteiger partial charge in [-0.1, -0.05) is 41.6 Å². The summed E-state index contributed by atoms with van der Waals surface area (Å²) in [5.41, 5.74) is 4.03. The fraction of sp³-hybridized carbons (Fsp3) is 0.458. The number of nitrogens with zero attached hydrogens (tertiary/aromatic N) is 2. The Labute approximate surface area is 193 Å². The first kappa shape index (κ1) is 24.1. The second-order valence-electron chi connectivity index (χ2n) is 8.13. The molecular formula is C24H31N3O4S. The van der Waals surface area contributed by atoms with Gasteiger partial charge in [-0.2, -0.15) is 0 Å². The molecule has 0 spiro atoms. The van der Waals surface area contributed by atoms with E-state index in [0.717, 1.165) is 28.4 Å². The molecule has 0 radical (unpaired) electrons. The lowest BCUT2D eigenvalue weighted by Crippen LogP contribution is -2.38. The molecule has 1 unspecified atom stereocenters. The van der Waals surface area contributed by atoms with Crippen LogP contribution in [0.1, 0.15) is 50.8 Å². The number of hydrogen-bond donors (Lipinski definition) is 1. The number of benzene rings is 1. The fourth-order valence-corrected chi connectivity index (χ4v) is 4.61. The Hall–Kier alpha value is -2.58. The van der Waals surface area contributed by atoms with Crippen molar-refractivity contribution in [1.29, 1.82) is 0 Å². The van der Waals surface area contributed by atoms with Crippen molar-refractivity contribution in [3.05, 3.63) is 57.8 Å². The van der Waals surface area contributed by atoms with E-state index >= 15 is 0 Å². The predicted octanol–water partition coefficient (Wildman–Crippen LogP) is 4.06. The molecule has 8 heteroatoms. The van der Waals surface area contributed by atoms with Crippen molar-refractivity contribution in [3.63, 3.8) is 0 Å². The number of aryl methyl sites for hydroxylation is 1. The summed E-state index contributed by atoms with van der Waals surface area (Å²) >= 11 is 1.47. The highest BCUT2D eigenvalue weighted by Gasteiger charge is 2.41. The zero-order valence-corrected chi connectivity index (χ0v) is 20.1. The predicted molar refractivity (Wildman–Crippen MR) is 127 cm³/mol. The molecule has 2 aliphatic heterocycles. The van der Waals surface area contributed by atoms with Crippen LogP contribution in [0.3, 0.4) is 0 Å². The van der Waals surface area contributed by atoms with Crippen LogP contribution in [0.2, 0.25) is 0 Å². The zero-order valence-electron chi connectivity index (χ0n) is 19.3. The Balaban J connectivity index is 1.91. The van der Waals surface area contributed by atoms with Gasteiger partial charge in [0.15, 0.2) is 5.17 Å². The molecule has 1 aromatic carbocycles. The summed E-state index contributed by atoms with van der Waals surface area (Å²) in [5, 5.41) is 5.64. The Bertz CT molecular complexity index is 950. The van der Waals surface area contributed by atoms with Crippen molar-refractivity contribution in [2.45, 2.75) is 52.7 Å². The topological polar surface area (TPSA) is 80.2 Å². The monoisotopic (exact) mass is 457 g/mol. The minimum atomic E-state index is -0.406. The summed E-state index contributed by atoms with van der Waals surface area (Å²) in [7, 11) is 1.64. The van der Waals surface area contributed by atoms with Crippen LogP contribution in [0, 0.1) is 6.92 Å². The van der Waals surface area contributed by atoms with Crippen molar-refractivity contribution in [2.75, 3.05) is 20.3 Å². The van der Waals surface area contributed by atoms with Gasteiger partial charge >= 0.3 is 5.97 Å². The van der Waals surface area contributed by atoms with Crippen molar-refractivity contribution < 1.29 is 19.1 Å². The molecule has 1 amide bonds. The smallest absolute Gasteiger partial charge is 0.338 e. The van der Waals surface area contributed by atoms with E-state index in [4.69, 9.17) is 9.47 Å². The summed E-state index contributed by atoms with van der Waals surface area (Å²) in [4.78, 5) is 32.3. The maximum Gasteiger partial charge on any atom is 0.338 e. The minimum Gasteiger partial charge on any atom is -0.459 e. The van der Waals surface area contributed by atoms with Crippen molar-refractivity contribution >= 4 is 28.8 Å². The molecule has 0 aromatic heterocycles. The zero-order chi connectivity index (χ0) is 23.3. The average molecular weight is 458 g/mol. The van der Waals surface area contributed by atoms with Crippen LogP contribution in [0.5, 0.6) is 0 Å². The Morgan fingerprint density at radius 2 is 1.94 bits per heavy atom. The van der Waals surface area contributed by atoms with Crippen molar-refractivity contribution in [2.24, 2.45) is 4.99 Å². The van der Waals surface area contributed by atoms with Gasteiger partial charge in [-0.3, -0.25) is 4.79 Å². The number of carbonyl (C=O) groups is 2. The molecule has 0 saturated heterocycles. The first-order valence-electron chi connectivity index (χ1n) is 10.8. The highest BCUT2D eigenvalue weighted by atomic mass is 32.2. The van der Waals surface area contributed by atoms with Gasteiger partial charge in [0.25, 0.3) is 0 Å². The lowest BCUT2D eigenvalue weighted by Gasteiger charge is -2.36. The van der Waals surface area contributed by atoms with Crippen LogP contribution < -0.4 is 5.32 Å². The highest BCUT2D eigenvalue weighted by molar-refractivity contribution is 8.16. The molecule has 0 fully saturated rings. The number of amides is 1. The summed E-state index contributed by atoms with van der Waals surface area (Å²) in [6.07, 6.45) is 0.714. The number of fused-ring (bicyclic) bond motifs is 1. The standard InChI is InChI=1S/C24H31N3O4S/c1-15(2)31-23(29)21-17(4)26-24-27(22(21)18-9-7-16(3)8-10-18)19(14-32-24)13-20(28)25-11-6-12-30-5/h7-10,14-15,22H,6,11-13H2,1-5H3,(H,25,28). The summed E-state index contributed by atoms with van der Waals surface area (Å²) in [6.45, 7) is 8.68. The minimum absolute atomic E-state index is 0.0746. The lowest BCUT2D eigenvalue weighted by molar-refractivity contribution is -0.143. The number of hydrogen-bond acceptors (Lipinski definition) is 7. The van der Waals surface area contributed by atoms with Crippen LogP contribution in [0.25, 0.3) is 0 Å². The van der Waals surface area contributed by atoms with E-state index in [0.29, 0.717) is 24.4 Å². The summed E-state index contributed by atoms with van der Waals surface area (Å²) in [5.74, 6) is -0.458. The molecule has 1 atom stereocenters. The van der Waals surface area contributed by atoms with Gasteiger partial charge in [-0.25, -0.2) is 9.79 Å². The summed E-state index contributed by atoms with van der Waals surface area (Å²) < 4.78 is 10.6. The molecule has 2 heterocycles. The molecule has 32 heavy (non-hydrogen) atoms. The maximum absolute atomic E-state index is 13.1. The van der Waals surface area contributed by atoms with Crippen LogP contribution in [-0.2, 0) is 19.1 Å². The van der Waals surface area contributed by atoms with E-state index in [2.05, 4.69) is 10.3 Å². The van der Waals surface area contributed by atoms with E-state index in [1.165, 1.54) is 11.8 Å². The van der Waals surface area contributed by atoms with Gasteiger partial charge in [-0.05, 0) is 45.1 Å². The molecule has 7 nitrogen and oxygen atoms in total. The number of esters is 1. The lowest BCUT2D eigenvalue weighted by atomic mass is 9.93.